The number of nitrogen functional groups attached to an aromatic ring is 1. The van der Waals surface area contributed by atoms with E-state index in [2.05, 4.69) is 0 Å². The summed E-state index contributed by atoms with van der Waals surface area (Å²) in [7, 11) is 1.54. The average Bonchev–Trinajstić information content (AvgIpc) is 2.38. The molecule has 0 spiro atoms. The van der Waals surface area contributed by atoms with Crippen LogP contribution in [-0.4, -0.2) is 37.0 Å². The number of ether oxygens (including phenoxy) is 1. The van der Waals surface area contributed by atoms with E-state index in [0.717, 1.165) is 19.4 Å². The van der Waals surface area contributed by atoms with Crippen LogP contribution in [-0.2, 0) is 0 Å². The lowest BCUT2D eigenvalue weighted by Crippen LogP contribution is -2.45. The second-order valence-corrected chi connectivity index (χ2v) is 4.61. The smallest absolute Gasteiger partial charge is 0.254 e. The summed E-state index contributed by atoms with van der Waals surface area (Å²) in [6.07, 6.45) is 1.94. The molecule has 1 aliphatic rings. The molecule has 5 nitrogen and oxygen atoms in total. The van der Waals surface area contributed by atoms with Crippen LogP contribution in [0.5, 0.6) is 5.75 Å². The Morgan fingerprint density at radius 3 is 2.94 bits per heavy atom. The highest BCUT2D eigenvalue weighted by molar-refractivity contribution is 5.95. The van der Waals surface area contributed by atoms with Crippen molar-refractivity contribution in [3.05, 3.63) is 23.8 Å². The zero-order valence-corrected chi connectivity index (χ0v) is 10.6. The molecule has 1 unspecified atom stereocenters. The molecule has 1 saturated heterocycles. The van der Waals surface area contributed by atoms with Gasteiger partial charge in [0.1, 0.15) is 5.75 Å². The first-order chi connectivity index (χ1) is 8.61. The topological polar surface area (TPSA) is 81.6 Å². The Bertz CT molecular complexity index is 448. The predicted molar refractivity (Wildman–Crippen MR) is 70.5 cm³/mol. The van der Waals surface area contributed by atoms with E-state index in [0.29, 0.717) is 23.5 Å². The summed E-state index contributed by atoms with van der Waals surface area (Å²) in [5.74, 6) is 0.519. The number of likely N-dealkylation sites (tertiary alicyclic amines) is 1. The monoisotopic (exact) mass is 249 g/mol. The summed E-state index contributed by atoms with van der Waals surface area (Å²) in [4.78, 5) is 14.1. The van der Waals surface area contributed by atoms with Crippen LogP contribution in [0.3, 0.4) is 0 Å². The van der Waals surface area contributed by atoms with Crippen LogP contribution >= 0.6 is 0 Å². The van der Waals surface area contributed by atoms with E-state index < -0.39 is 0 Å². The molecule has 1 aliphatic heterocycles. The van der Waals surface area contributed by atoms with Gasteiger partial charge in [0.25, 0.3) is 5.91 Å². The van der Waals surface area contributed by atoms with Gasteiger partial charge in [-0.25, -0.2) is 0 Å². The lowest BCUT2D eigenvalue weighted by molar-refractivity contribution is 0.0708. The van der Waals surface area contributed by atoms with E-state index in [1.165, 1.54) is 7.11 Å². The van der Waals surface area contributed by atoms with E-state index in [4.69, 9.17) is 16.2 Å². The van der Waals surface area contributed by atoms with Gasteiger partial charge in [0.05, 0.1) is 12.8 Å². The molecule has 1 amide bonds. The standard InChI is InChI=1S/C13H19N3O2/c1-18-12-7-9(4-5-11(12)15)13(17)16-6-2-3-10(14)8-16/h4-5,7,10H,2-3,6,8,14-15H2,1H3. The summed E-state index contributed by atoms with van der Waals surface area (Å²) in [5, 5.41) is 0. The molecule has 1 heterocycles. The molecular weight excluding hydrogens is 230 g/mol. The van der Waals surface area contributed by atoms with Gasteiger partial charge in [0.15, 0.2) is 0 Å². The van der Waals surface area contributed by atoms with Gasteiger partial charge >= 0.3 is 0 Å². The Kier molecular flexibility index (Phi) is 3.72. The van der Waals surface area contributed by atoms with Gasteiger partial charge in [-0.3, -0.25) is 4.79 Å². The second-order valence-electron chi connectivity index (χ2n) is 4.61. The molecule has 0 bridgehead atoms. The van der Waals surface area contributed by atoms with Crippen LogP contribution in [0.4, 0.5) is 5.69 Å². The number of benzene rings is 1. The maximum Gasteiger partial charge on any atom is 0.254 e. The first kappa shape index (κ1) is 12.7. The molecule has 0 aliphatic carbocycles. The molecule has 18 heavy (non-hydrogen) atoms. The third-order valence-corrected chi connectivity index (χ3v) is 3.23. The molecule has 1 atom stereocenters. The van der Waals surface area contributed by atoms with Crippen LogP contribution in [0, 0.1) is 0 Å². The van der Waals surface area contributed by atoms with E-state index >= 15 is 0 Å². The molecular formula is C13H19N3O2. The van der Waals surface area contributed by atoms with Gasteiger partial charge in [-0.2, -0.15) is 0 Å². The molecule has 5 heteroatoms. The van der Waals surface area contributed by atoms with Crippen LogP contribution in [0.15, 0.2) is 18.2 Å². The van der Waals surface area contributed by atoms with Crippen molar-refractivity contribution < 1.29 is 9.53 Å². The average molecular weight is 249 g/mol. The zero-order valence-electron chi connectivity index (χ0n) is 10.6. The first-order valence-electron chi connectivity index (χ1n) is 6.10. The highest BCUT2D eigenvalue weighted by Gasteiger charge is 2.22. The predicted octanol–water partition coefficient (Wildman–Crippen LogP) is 0.841. The molecule has 1 aromatic rings. The normalized spacial score (nSPS) is 19.7. The lowest BCUT2D eigenvalue weighted by Gasteiger charge is -2.30. The molecule has 1 aromatic carbocycles. The zero-order chi connectivity index (χ0) is 13.1. The van der Waals surface area contributed by atoms with Crippen LogP contribution in [0.2, 0.25) is 0 Å². The summed E-state index contributed by atoms with van der Waals surface area (Å²) in [6.45, 7) is 1.38. The SMILES string of the molecule is COc1cc(C(=O)N2CCCC(N)C2)ccc1N. The number of carbonyl (C=O) groups excluding carboxylic acids is 1. The van der Waals surface area contributed by atoms with Gasteiger partial charge < -0.3 is 21.1 Å². The number of hydrogen-bond donors (Lipinski definition) is 2. The number of nitrogens with zero attached hydrogens (tertiary/aromatic N) is 1. The highest BCUT2D eigenvalue weighted by Crippen LogP contribution is 2.23. The molecule has 2 rings (SSSR count). The molecule has 0 saturated carbocycles. The number of carbonyl (C=O) groups is 1. The molecule has 0 aromatic heterocycles. The second kappa shape index (κ2) is 5.27. The fourth-order valence-corrected chi connectivity index (χ4v) is 2.22. The van der Waals surface area contributed by atoms with Gasteiger partial charge in [0.2, 0.25) is 0 Å². The van der Waals surface area contributed by atoms with Crippen molar-refractivity contribution in [3.8, 4) is 5.75 Å². The summed E-state index contributed by atoms with van der Waals surface area (Å²) < 4.78 is 5.12. The Morgan fingerprint density at radius 2 is 2.28 bits per heavy atom. The Balaban J connectivity index is 2.17. The Morgan fingerprint density at radius 1 is 1.50 bits per heavy atom. The fourth-order valence-electron chi connectivity index (χ4n) is 2.22. The minimum absolute atomic E-state index is 0.0107. The minimum atomic E-state index is -0.0107. The largest absolute Gasteiger partial charge is 0.495 e. The highest BCUT2D eigenvalue weighted by atomic mass is 16.5. The van der Waals surface area contributed by atoms with E-state index in [-0.39, 0.29) is 11.9 Å². The Hall–Kier alpha value is -1.75. The van der Waals surface area contributed by atoms with Crippen LogP contribution in [0.1, 0.15) is 23.2 Å². The Labute approximate surface area is 107 Å². The number of hydrogen-bond acceptors (Lipinski definition) is 4. The number of piperidine rings is 1. The van der Waals surface area contributed by atoms with Crippen molar-refractivity contribution in [2.24, 2.45) is 5.73 Å². The summed E-state index contributed by atoms with van der Waals surface area (Å²) >= 11 is 0. The van der Waals surface area contributed by atoms with Gasteiger partial charge in [-0.05, 0) is 31.0 Å². The number of rotatable bonds is 2. The molecule has 98 valence electrons. The van der Waals surface area contributed by atoms with Crippen molar-refractivity contribution in [2.45, 2.75) is 18.9 Å². The summed E-state index contributed by atoms with van der Waals surface area (Å²) in [5.41, 5.74) is 12.7. The number of methoxy groups -OCH3 is 1. The number of anilines is 1. The molecule has 1 fully saturated rings. The van der Waals surface area contributed by atoms with Crippen molar-refractivity contribution in [3.63, 3.8) is 0 Å². The van der Waals surface area contributed by atoms with Crippen LogP contribution < -0.4 is 16.2 Å². The van der Waals surface area contributed by atoms with Crippen molar-refractivity contribution in [2.75, 3.05) is 25.9 Å². The quantitative estimate of drug-likeness (QED) is 0.761. The molecule has 4 N–H and O–H groups in total. The lowest BCUT2D eigenvalue weighted by atomic mass is 10.1. The first-order valence-corrected chi connectivity index (χ1v) is 6.10. The van der Waals surface area contributed by atoms with E-state index in [1.54, 1.807) is 23.1 Å². The van der Waals surface area contributed by atoms with Gasteiger partial charge in [0, 0.05) is 24.7 Å². The summed E-state index contributed by atoms with van der Waals surface area (Å²) in [6, 6.07) is 5.17. The third-order valence-electron chi connectivity index (χ3n) is 3.23. The number of nitrogens with two attached hydrogens (primary N) is 2. The van der Waals surface area contributed by atoms with Crippen molar-refractivity contribution in [1.29, 1.82) is 0 Å². The maximum absolute atomic E-state index is 12.3. The van der Waals surface area contributed by atoms with Crippen molar-refractivity contribution >= 4 is 11.6 Å². The van der Waals surface area contributed by atoms with Gasteiger partial charge in [-0.15, -0.1) is 0 Å². The minimum Gasteiger partial charge on any atom is -0.495 e. The maximum atomic E-state index is 12.3. The van der Waals surface area contributed by atoms with Crippen LogP contribution in [0.25, 0.3) is 0 Å². The van der Waals surface area contributed by atoms with E-state index in [1.807, 2.05) is 0 Å². The third kappa shape index (κ3) is 2.56. The molecule has 0 radical (unpaired) electrons. The van der Waals surface area contributed by atoms with Gasteiger partial charge in [-0.1, -0.05) is 0 Å². The number of amides is 1. The van der Waals surface area contributed by atoms with Crippen molar-refractivity contribution in [1.82, 2.24) is 4.90 Å². The fraction of sp³-hybridized carbons (Fsp3) is 0.462. The van der Waals surface area contributed by atoms with E-state index in [9.17, 15) is 4.79 Å².